The van der Waals surface area contributed by atoms with E-state index in [0.717, 1.165) is 16.8 Å². The van der Waals surface area contributed by atoms with E-state index in [0.29, 0.717) is 11.6 Å². The maximum absolute atomic E-state index is 5.95. The minimum atomic E-state index is 0.551. The molecule has 1 aromatic carbocycles. The Hall–Kier alpha value is -1.90. The van der Waals surface area contributed by atoms with Crippen molar-refractivity contribution in [2.45, 2.75) is 20.8 Å². The van der Waals surface area contributed by atoms with Gasteiger partial charge in [0, 0.05) is 5.56 Å². The second-order valence-corrected chi connectivity index (χ2v) is 3.99. The summed E-state index contributed by atoms with van der Waals surface area (Å²) in [5.41, 5.74) is 10.1. The molecule has 0 amide bonds. The van der Waals surface area contributed by atoms with Crippen molar-refractivity contribution >= 4 is 5.82 Å². The number of hydrogen-bond acceptors (Lipinski definition) is 3. The van der Waals surface area contributed by atoms with Crippen LogP contribution in [0.1, 0.15) is 17.1 Å². The molecule has 0 fully saturated rings. The number of aromatic nitrogens is 2. The molecule has 2 aromatic rings. The van der Waals surface area contributed by atoms with E-state index >= 15 is 0 Å². The molecule has 0 bridgehead atoms. The Kier molecular flexibility index (Phi) is 2.60. The van der Waals surface area contributed by atoms with Crippen LogP contribution in [-0.2, 0) is 0 Å². The molecule has 3 heteroatoms. The second-order valence-electron chi connectivity index (χ2n) is 3.99. The van der Waals surface area contributed by atoms with Crippen LogP contribution in [-0.4, -0.2) is 9.97 Å². The number of hydrogen-bond donors (Lipinski definition) is 1. The van der Waals surface area contributed by atoms with Crippen molar-refractivity contribution < 1.29 is 0 Å². The lowest BCUT2D eigenvalue weighted by Gasteiger charge is -2.09. The first-order valence-electron chi connectivity index (χ1n) is 5.25. The lowest BCUT2D eigenvalue weighted by atomic mass is 10.0. The van der Waals surface area contributed by atoms with Gasteiger partial charge >= 0.3 is 0 Å². The number of nitrogens with zero attached hydrogens (tertiary/aromatic N) is 2. The fourth-order valence-corrected chi connectivity index (χ4v) is 1.90. The summed E-state index contributed by atoms with van der Waals surface area (Å²) in [7, 11) is 0. The third-order valence-corrected chi connectivity index (χ3v) is 2.54. The summed E-state index contributed by atoms with van der Waals surface area (Å²) < 4.78 is 0. The highest BCUT2D eigenvalue weighted by atomic mass is 14.9. The van der Waals surface area contributed by atoms with Crippen molar-refractivity contribution in [1.82, 2.24) is 9.97 Å². The fourth-order valence-electron chi connectivity index (χ4n) is 1.90. The van der Waals surface area contributed by atoms with E-state index < -0.39 is 0 Å². The molecule has 0 unspecified atom stereocenters. The van der Waals surface area contributed by atoms with E-state index in [1.54, 1.807) is 0 Å². The quantitative estimate of drug-likeness (QED) is 0.792. The molecule has 0 spiro atoms. The van der Waals surface area contributed by atoms with E-state index in [1.165, 1.54) is 5.56 Å². The maximum Gasteiger partial charge on any atom is 0.135 e. The highest BCUT2D eigenvalue weighted by Crippen LogP contribution is 2.27. The summed E-state index contributed by atoms with van der Waals surface area (Å²) in [4.78, 5) is 8.56. The summed E-state index contributed by atoms with van der Waals surface area (Å²) in [5, 5.41) is 0. The van der Waals surface area contributed by atoms with Gasteiger partial charge in [-0.05, 0) is 26.3 Å². The van der Waals surface area contributed by atoms with Gasteiger partial charge in [0.15, 0.2) is 0 Å². The first kappa shape index (κ1) is 10.6. The lowest BCUT2D eigenvalue weighted by molar-refractivity contribution is 1.02. The third-order valence-electron chi connectivity index (χ3n) is 2.54. The summed E-state index contributed by atoms with van der Waals surface area (Å²) in [6.45, 7) is 5.87. The number of aryl methyl sites for hydroxylation is 3. The van der Waals surface area contributed by atoms with E-state index in [9.17, 15) is 0 Å². The summed E-state index contributed by atoms with van der Waals surface area (Å²) in [6, 6.07) is 8.20. The van der Waals surface area contributed by atoms with Crippen LogP contribution in [0.15, 0.2) is 24.3 Å². The van der Waals surface area contributed by atoms with Crippen molar-refractivity contribution in [3.05, 3.63) is 41.3 Å². The van der Waals surface area contributed by atoms with Crippen LogP contribution < -0.4 is 5.73 Å². The van der Waals surface area contributed by atoms with Gasteiger partial charge in [-0.25, -0.2) is 9.97 Å². The van der Waals surface area contributed by atoms with Crippen LogP contribution in [0, 0.1) is 20.8 Å². The highest BCUT2D eigenvalue weighted by Gasteiger charge is 2.09. The maximum atomic E-state index is 5.95. The van der Waals surface area contributed by atoms with E-state index in [1.807, 2.05) is 26.0 Å². The van der Waals surface area contributed by atoms with Crippen molar-refractivity contribution in [2.75, 3.05) is 5.73 Å². The van der Waals surface area contributed by atoms with Gasteiger partial charge in [-0.3, -0.25) is 0 Å². The van der Waals surface area contributed by atoms with Crippen LogP contribution in [0.25, 0.3) is 11.1 Å². The van der Waals surface area contributed by atoms with Gasteiger partial charge in [-0.15, -0.1) is 0 Å². The number of anilines is 1. The minimum Gasteiger partial charge on any atom is -0.383 e. The molecule has 2 rings (SSSR count). The number of nitrogens with two attached hydrogens (primary N) is 1. The molecule has 82 valence electrons. The van der Waals surface area contributed by atoms with E-state index in [2.05, 4.69) is 29.0 Å². The molecule has 0 aliphatic rings. The smallest absolute Gasteiger partial charge is 0.135 e. The summed E-state index contributed by atoms with van der Waals surface area (Å²) >= 11 is 0. The van der Waals surface area contributed by atoms with Crippen LogP contribution in [0.4, 0.5) is 5.82 Å². The van der Waals surface area contributed by atoms with Gasteiger partial charge in [0.1, 0.15) is 11.6 Å². The zero-order valence-electron chi connectivity index (χ0n) is 9.78. The number of rotatable bonds is 1. The van der Waals surface area contributed by atoms with Gasteiger partial charge in [0.05, 0.1) is 5.69 Å². The molecule has 0 radical (unpaired) electrons. The molecule has 0 aliphatic carbocycles. The molecule has 2 N–H and O–H groups in total. The van der Waals surface area contributed by atoms with Crippen molar-refractivity contribution in [2.24, 2.45) is 0 Å². The average Bonchev–Trinajstić information content (AvgIpc) is 2.15. The standard InChI is InChI=1S/C13H15N3/c1-8-5-4-6-11(7-8)12-9(2)15-10(3)16-13(12)14/h4-7H,1-3H3,(H2,14,15,16). The normalized spacial score (nSPS) is 10.4. The topological polar surface area (TPSA) is 51.8 Å². The van der Waals surface area contributed by atoms with Gasteiger partial charge in [0.25, 0.3) is 0 Å². The van der Waals surface area contributed by atoms with Crippen LogP contribution >= 0.6 is 0 Å². The molecular formula is C13H15N3. The van der Waals surface area contributed by atoms with E-state index in [-0.39, 0.29) is 0 Å². The number of benzene rings is 1. The van der Waals surface area contributed by atoms with Crippen LogP contribution in [0.5, 0.6) is 0 Å². The molecule has 0 atom stereocenters. The van der Waals surface area contributed by atoms with Gasteiger partial charge in [-0.1, -0.05) is 29.8 Å². The Morgan fingerprint density at radius 3 is 2.44 bits per heavy atom. The Morgan fingerprint density at radius 1 is 1.06 bits per heavy atom. The first-order valence-corrected chi connectivity index (χ1v) is 5.25. The zero-order valence-corrected chi connectivity index (χ0v) is 9.78. The lowest BCUT2D eigenvalue weighted by Crippen LogP contribution is -2.02. The summed E-state index contributed by atoms with van der Waals surface area (Å²) in [5.74, 6) is 1.27. The molecule has 3 nitrogen and oxygen atoms in total. The molecular weight excluding hydrogens is 198 g/mol. The predicted octanol–water partition coefficient (Wildman–Crippen LogP) is 2.65. The van der Waals surface area contributed by atoms with Crippen molar-refractivity contribution in [1.29, 1.82) is 0 Å². The Bertz CT molecular complexity index is 509. The summed E-state index contributed by atoms with van der Waals surface area (Å²) in [6.07, 6.45) is 0. The third kappa shape index (κ3) is 1.89. The predicted molar refractivity (Wildman–Crippen MR) is 66.1 cm³/mol. The zero-order chi connectivity index (χ0) is 11.7. The SMILES string of the molecule is Cc1cccc(-c2c(C)nc(C)nc2N)c1. The monoisotopic (exact) mass is 213 g/mol. The molecule has 1 heterocycles. The first-order chi connectivity index (χ1) is 7.58. The van der Waals surface area contributed by atoms with Crippen molar-refractivity contribution in [3.63, 3.8) is 0 Å². The molecule has 16 heavy (non-hydrogen) atoms. The fraction of sp³-hybridized carbons (Fsp3) is 0.231. The van der Waals surface area contributed by atoms with Gasteiger partial charge < -0.3 is 5.73 Å². The second kappa shape index (κ2) is 3.93. The number of nitrogen functional groups attached to an aromatic ring is 1. The average molecular weight is 213 g/mol. The Morgan fingerprint density at radius 2 is 1.81 bits per heavy atom. The molecule has 0 saturated heterocycles. The van der Waals surface area contributed by atoms with E-state index in [4.69, 9.17) is 5.73 Å². The molecule has 0 aliphatic heterocycles. The van der Waals surface area contributed by atoms with Crippen LogP contribution in [0.2, 0.25) is 0 Å². The van der Waals surface area contributed by atoms with Gasteiger partial charge in [-0.2, -0.15) is 0 Å². The largest absolute Gasteiger partial charge is 0.383 e. The molecule has 1 aromatic heterocycles. The Labute approximate surface area is 95.4 Å². The van der Waals surface area contributed by atoms with Crippen molar-refractivity contribution in [3.8, 4) is 11.1 Å². The van der Waals surface area contributed by atoms with Crippen LogP contribution in [0.3, 0.4) is 0 Å². The Balaban J connectivity index is 2.64. The molecule has 0 saturated carbocycles. The highest BCUT2D eigenvalue weighted by molar-refractivity contribution is 5.76. The minimum absolute atomic E-state index is 0.551. The van der Waals surface area contributed by atoms with Gasteiger partial charge in [0.2, 0.25) is 0 Å².